The Morgan fingerprint density at radius 1 is 1.09 bits per heavy atom. The van der Waals surface area contributed by atoms with Crippen LogP contribution in [0.1, 0.15) is 105 Å². The molecule has 1 spiro atoms. The number of aliphatic hydroxyl groups excluding tert-OH is 5. The molecule has 396 valence electrons. The molecule has 0 aromatic carbocycles. The molecule has 20 heteroatoms. The molecule has 0 unspecified atom stereocenters. The van der Waals surface area contributed by atoms with Crippen molar-refractivity contribution in [3.63, 3.8) is 0 Å². The van der Waals surface area contributed by atoms with Crippen molar-refractivity contribution >= 4 is 19.8 Å². The van der Waals surface area contributed by atoms with Crippen LogP contribution in [-0.4, -0.2) is 159 Å². The SMILES string of the molecule is COC[C@@H]([C@H](O)[C@H](O)C(=O)NCC[C@H](C)c1nc(/C=C/C[C@@H]2O[C@]3(C[C@@H](O)[C@@H]2C)O[C@H]([C@H](C[C@H](O)[C@H](C)[C@H](O)[C@H](C)/C=C(C)/C(C)=C\C=C\C(C)=C/C#N)OC)[C@H](OP(=O)(O)O)C3(C)C)co1)N(C)C. The van der Waals surface area contributed by atoms with E-state index in [2.05, 4.69) is 10.3 Å². The monoisotopic (exact) mass is 1010 g/mol. The number of oxazole rings is 1. The van der Waals surface area contributed by atoms with Gasteiger partial charge in [0.15, 0.2) is 17.8 Å². The van der Waals surface area contributed by atoms with E-state index in [0.717, 1.165) is 16.7 Å². The molecule has 3 rings (SSSR count). The van der Waals surface area contributed by atoms with Crippen molar-refractivity contribution in [3.05, 3.63) is 71.0 Å². The topological polar surface area (TPSA) is 287 Å². The fourth-order valence-electron chi connectivity index (χ4n) is 8.96. The summed E-state index contributed by atoms with van der Waals surface area (Å²) in [4.78, 5) is 39.2. The number of likely N-dealkylation sites (N-methyl/N-ethyl adjacent to an activating group) is 1. The summed E-state index contributed by atoms with van der Waals surface area (Å²) in [6.07, 6.45) is 4.10. The van der Waals surface area contributed by atoms with Gasteiger partial charge in [0.25, 0.3) is 5.91 Å². The smallest absolute Gasteiger partial charge is 0.448 e. The van der Waals surface area contributed by atoms with Crippen LogP contribution < -0.4 is 5.32 Å². The average molecular weight is 1010 g/mol. The van der Waals surface area contributed by atoms with Gasteiger partial charge in [-0.1, -0.05) is 77.5 Å². The molecule has 2 saturated heterocycles. The van der Waals surface area contributed by atoms with Crippen molar-refractivity contribution in [2.45, 2.75) is 161 Å². The van der Waals surface area contributed by atoms with Crippen LogP contribution in [0.2, 0.25) is 0 Å². The first kappa shape index (κ1) is 60.9. The Morgan fingerprint density at radius 3 is 2.36 bits per heavy atom. The number of rotatable bonds is 26. The van der Waals surface area contributed by atoms with E-state index in [1.165, 1.54) is 26.6 Å². The van der Waals surface area contributed by atoms with Crippen LogP contribution in [0.4, 0.5) is 0 Å². The lowest BCUT2D eigenvalue weighted by Gasteiger charge is -2.50. The van der Waals surface area contributed by atoms with E-state index in [4.69, 9.17) is 33.2 Å². The minimum absolute atomic E-state index is 0.0645. The molecule has 15 atom stereocenters. The van der Waals surface area contributed by atoms with E-state index >= 15 is 0 Å². The van der Waals surface area contributed by atoms with Gasteiger partial charge in [0.2, 0.25) is 0 Å². The Hall–Kier alpha value is -3.42. The molecule has 2 fully saturated rings. The van der Waals surface area contributed by atoms with Crippen LogP contribution in [0.25, 0.3) is 6.08 Å². The van der Waals surface area contributed by atoms with Gasteiger partial charge in [0.05, 0.1) is 49.2 Å². The number of carbonyl (C=O) groups excluding carboxylic acids is 1. The standard InChI is InChI=1S/C50H81N4O15P/c1-29(20-22-51)16-14-17-30(2)32(4)24-33(5)42(57)35(7)38(55)25-41(65-13)45-46(69-70(61,62)63)49(8,9)50(68-45)26-39(56)34(6)40(67-50)19-15-18-36-27-66-48(53-36)31(3)21-23-52-47(60)44(59)43(58)37(28-64-12)54(10)11/h14-18,20,24,27,31,33-35,37-46,55-59H,19,21,23,25-26,28H2,1-13H3,(H,52,60)(H2,61,62,63)/b16-14+,18-15+,29-20-,30-17-,32-24+/t31-,33+,34-,35-,37-,38-,39+,40-,41-,42+,43-,44-,45+,46-,50+/m0/s1. The predicted molar refractivity (Wildman–Crippen MR) is 262 cm³/mol. The number of methoxy groups -OCH3 is 2. The predicted octanol–water partition coefficient (Wildman–Crippen LogP) is 4.69. The molecule has 0 bridgehead atoms. The van der Waals surface area contributed by atoms with Gasteiger partial charge in [-0.15, -0.1) is 0 Å². The number of aliphatic hydroxyl groups is 5. The molecule has 2 aliphatic rings. The van der Waals surface area contributed by atoms with Gasteiger partial charge in [-0.25, -0.2) is 9.55 Å². The Morgan fingerprint density at radius 2 is 1.76 bits per heavy atom. The molecule has 70 heavy (non-hydrogen) atoms. The molecule has 0 aliphatic carbocycles. The fraction of sp³-hybridized carbons (Fsp3) is 0.700. The number of aromatic nitrogens is 1. The summed E-state index contributed by atoms with van der Waals surface area (Å²) in [5.74, 6) is -3.63. The first-order chi connectivity index (χ1) is 32.6. The van der Waals surface area contributed by atoms with E-state index in [9.17, 15) is 44.7 Å². The molecule has 1 aromatic heterocycles. The average Bonchev–Trinajstić information content (AvgIpc) is 3.84. The van der Waals surface area contributed by atoms with Gasteiger partial charge in [-0.2, -0.15) is 5.26 Å². The number of nitrogens with zero attached hydrogens (tertiary/aromatic N) is 3. The summed E-state index contributed by atoms with van der Waals surface area (Å²) < 4.78 is 48.2. The number of hydrogen-bond acceptors (Lipinski definition) is 16. The molecule has 1 aromatic rings. The first-order valence-corrected chi connectivity index (χ1v) is 25.4. The third kappa shape index (κ3) is 16.3. The quantitative estimate of drug-likeness (QED) is 0.0355. The number of nitriles is 1. The maximum absolute atomic E-state index is 12.6. The lowest BCUT2D eigenvalue weighted by Crippen LogP contribution is -2.58. The number of carbonyl (C=O) groups is 1. The number of hydrogen-bond donors (Lipinski definition) is 8. The van der Waals surface area contributed by atoms with Crippen LogP contribution >= 0.6 is 7.82 Å². The second-order valence-corrected chi connectivity index (χ2v) is 21.1. The highest BCUT2D eigenvalue weighted by Crippen LogP contribution is 2.59. The van der Waals surface area contributed by atoms with Crippen molar-refractivity contribution in [2.75, 3.05) is 41.5 Å². The number of phosphoric acid groups is 1. The van der Waals surface area contributed by atoms with E-state index in [1.54, 1.807) is 45.8 Å². The minimum Gasteiger partial charge on any atom is -0.448 e. The number of ether oxygens (including phenoxy) is 4. The highest BCUT2D eigenvalue weighted by molar-refractivity contribution is 7.46. The number of allylic oxidation sites excluding steroid dienone is 7. The van der Waals surface area contributed by atoms with E-state index in [0.29, 0.717) is 18.0 Å². The van der Waals surface area contributed by atoms with Gasteiger partial charge < -0.3 is 68.9 Å². The van der Waals surface area contributed by atoms with Gasteiger partial charge >= 0.3 is 7.82 Å². The Kier molecular flexibility index (Phi) is 23.5. The molecule has 0 saturated carbocycles. The number of phosphoric ester groups is 1. The minimum atomic E-state index is -5.15. The van der Waals surface area contributed by atoms with E-state index in [1.807, 2.05) is 78.0 Å². The Labute approximate surface area is 414 Å². The van der Waals surface area contributed by atoms with Gasteiger partial charge in [-0.3, -0.25) is 9.32 Å². The molecule has 8 N–H and O–H groups in total. The second kappa shape index (κ2) is 27.0. The van der Waals surface area contributed by atoms with Crippen LogP contribution in [0.15, 0.2) is 63.9 Å². The summed E-state index contributed by atoms with van der Waals surface area (Å²) in [5, 5.41) is 67.1. The third-order valence-electron chi connectivity index (χ3n) is 14.0. The molecular formula is C50H81N4O15P. The molecule has 0 radical (unpaired) electrons. The second-order valence-electron chi connectivity index (χ2n) is 19.9. The van der Waals surface area contributed by atoms with E-state index in [-0.39, 0.29) is 44.2 Å². The molecule has 19 nitrogen and oxygen atoms in total. The molecule has 1 amide bonds. The number of amides is 1. The lowest BCUT2D eigenvalue weighted by molar-refractivity contribution is -0.334. The van der Waals surface area contributed by atoms with Gasteiger partial charge in [0.1, 0.15) is 30.3 Å². The van der Waals surface area contributed by atoms with Gasteiger partial charge in [0, 0.05) is 68.8 Å². The van der Waals surface area contributed by atoms with Crippen molar-refractivity contribution in [3.8, 4) is 6.07 Å². The van der Waals surface area contributed by atoms with E-state index < -0.39 is 97.7 Å². The number of nitrogens with one attached hydrogen (secondary N) is 1. The maximum atomic E-state index is 12.6. The molecule has 2 aliphatic heterocycles. The highest BCUT2D eigenvalue weighted by atomic mass is 31.2. The summed E-state index contributed by atoms with van der Waals surface area (Å²) in [6, 6.07) is 1.40. The van der Waals surface area contributed by atoms with Crippen LogP contribution in [0.3, 0.4) is 0 Å². The van der Waals surface area contributed by atoms with Crippen molar-refractivity contribution in [1.82, 2.24) is 15.2 Å². The first-order valence-electron chi connectivity index (χ1n) is 23.8. The van der Waals surface area contributed by atoms with Gasteiger partial charge in [-0.05, 0) is 64.9 Å². The Bertz CT molecular complexity index is 2080. The van der Waals surface area contributed by atoms with Crippen LogP contribution in [-0.2, 0) is 32.8 Å². The van der Waals surface area contributed by atoms with Crippen molar-refractivity contribution in [2.24, 2.45) is 23.2 Å². The normalized spacial score (nSPS) is 27.6. The summed E-state index contributed by atoms with van der Waals surface area (Å²) in [5.41, 5.74) is 1.87. The zero-order valence-electron chi connectivity index (χ0n) is 43.1. The summed E-state index contributed by atoms with van der Waals surface area (Å²) >= 11 is 0. The van der Waals surface area contributed by atoms with Crippen molar-refractivity contribution < 1.29 is 72.6 Å². The largest absolute Gasteiger partial charge is 0.469 e. The third-order valence-corrected chi connectivity index (χ3v) is 14.5. The Balaban J connectivity index is 1.74. The van der Waals surface area contributed by atoms with Crippen LogP contribution in [0, 0.1) is 34.5 Å². The van der Waals surface area contributed by atoms with Crippen LogP contribution in [0.5, 0.6) is 0 Å². The zero-order valence-corrected chi connectivity index (χ0v) is 44.0. The summed E-state index contributed by atoms with van der Waals surface area (Å²) in [7, 11) is 1.12. The van der Waals surface area contributed by atoms with Crippen molar-refractivity contribution in [1.29, 1.82) is 5.26 Å². The molecular weight excluding hydrogens is 928 g/mol. The lowest BCUT2D eigenvalue weighted by atomic mass is 9.72. The zero-order chi connectivity index (χ0) is 52.9. The summed E-state index contributed by atoms with van der Waals surface area (Å²) in [6.45, 7) is 16.6. The molecule has 3 heterocycles. The fourth-order valence-corrected chi connectivity index (χ4v) is 9.64. The maximum Gasteiger partial charge on any atom is 0.469 e. The highest BCUT2D eigenvalue weighted by Gasteiger charge is 2.68.